The van der Waals surface area contributed by atoms with Crippen molar-refractivity contribution in [3.8, 4) is 0 Å². The molecule has 16 heavy (non-hydrogen) atoms. The van der Waals surface area contributed by atoms with Crippen LogP contribution >= 0.6 is 0 Å². The lowest BCUT2D eigenvalue weighted by Gasteiger charge is -2.52. The molecule has 1 saturated heterocycles. The maximum Gasteiger partial charge on any atom is 0.109 e. The molecule has 0 aromatic rings. The van der Waals surface area contributed by atoms with Crippen LogP contribution < -0.4 is 0 Å². The average molecular weight is 233 g/mol. The summed E-state index contributed by atoms with van der Waals surface area (Å²) in [6, 6.07) is 0. The summed E-state index contributed by atoms with van der Waals surface area (Å²) < 4.78 is 0. The molecule has 96 valence electrons. The van der Waals surface area contributed by atoms with Crippen molar-refractivity contribution in [1.82, 2.24) is 4.90 Å². The maximum absolute atomic E-state index is 10.1. The minimum atomic E-state index is -1.18. The Morgan fingerprint density at radius 2 is 1.88 bits per heavy atom. The van der Waals surface area contributed by atoms with E-state index in [2.05, 4.69) is 0 Å². The van der Waals surface area contributed by atoms with Crippen LogP contribution in [0.1, 0.15) is 26.7 Å². The molecule has 0 spiro atoms. The average Bonchev–Trinajstić information content (AvgIpc) is 2.29. The van der Waals surface area contributed by atoms with E-state index in [0.717, 1.165) is 6.42 Å². The standard InChI is InChI=1S/C11H23NO4/c1-3-5-11(7-13)10(16)9(15)8(14)6-12(11)4-2/h8-10,13-16H,3-7H2,1-2H3/t8-,9+,10-,11-/m0/s1. The molecule has 4 atom stereocenters. The van der Waals surface area contributed by atoms with Crippen molar-refractivity contribution in [2.24, 2.45) is 0 Å². The van der Waals surface area contributed by atoms with Crippen LogP contribution in [-0.2, 0) is 0 Å². The Labute approximate surface area is 96.3 Å². The summed E-state index contributed by atoms with van der Waals surface area (Å²) in [5.41, 5.74) is -0.817. The Kier molecular flexibility index (Phi) is 4.70. The van der Waals surface area contributed by atoms with Crippen LogP contribution in [0.25, 0.3) is 0 Å². The van der Waals surface area contributed by atoms with Crippen LogP contribution in [0.5, 0.6) is 0 Å². The summed E-state index contributed by atoms with van der Waals surface area (Å²) in [6.07, 6.45) is -1.84. The van der Waals surface area contributed by atoms with Crippen LogP contribution in [-0.4, -0.2) is 68.9 Å². The highest BCUT2D eigenvalue weighted by Gasteiger charge is 2.51. The monoisotopic (exact) mass is 233 g/mol. The molecule has 0 aliphatic carbocycles. The topological polar surface area (TPSA) is 84.2 Å². The number of rotatable bonds is 4. The Balaban J connectivity index is 2.98. The largest absolute Gasteiger partial charge is 0.394 e. The molecule has 4 N–H and O–H groups in total. The molecule has 1 aliphatic heterocycles. The predicted molar refractivity (Wildman–Crippen MR) is 60.0 cm³/mol. The molecule has 1 heterocycles. The molecule has 0 aromatic heterocycles. The highest BCUT2D eigenvalue weighted by atomic mass is 16.4. The molecular weight excluding hydrogens is 210 g/mol. The first-order chi connectivity index (χ1) is 7.53. The molecule has 1 rings (SSSR count). The molecule has 5 nitrogen and oxygen atoms in total. The number of piperidine rings is 1. The van der Waals surface area contributed by atoms with Gasteiger partial charge in [0.2, 0.25) is 0 Å². The second kappa shape index (κ2) is 5.42. The quantitative estimate of drug-likeness (QED) is 0.497. The van der Waals surface area contributed by atoms with Gasteiger partial charge in [0.25, 0.3) is 0 Å². The zero-order valence-corrected chi connectivity index (χ0v) is 10.0. The number of aliphatic hydroxyl groups excluding tert-OH is 4. The summed E-state index contributed by atoms with van der Waals surface area (Å²) in [7, 11) is 0. The SMILES string of the molecule is CCC[C@]1(CO)[C@@H](O)[C@H](O)[C@@H](O)CN1CC. The summed E-state index contributed by atoms with van der Waals surface area (Å²) in [5.74, 6) is 0. The van der Waals surface area contributed by atoms with Crippen molar-refractivity contribution in [2.45, 2.75) is 50.5 Å². The summed E-state index contributed by atoms with van der Waals surface area (Å²) in [5, 5.41) is 39.0. The Hall–Kier alpha value is -0.200. The van der Waals surface area contributed by atoms with Gasteiger partial charge < -0.3 is 20.4 Å². The van der Waals surface area contributed by atoms with Crippen LogP contribution in [0.4, 0.5) is 0 Å². The second-order valence-corrected chi connectivity index (χ2v) is 4.55. The number of hydrogen-bond acceptors (Lipinski definition) is 5. The highest BCUT2D eigenvalue weighted by molar-refractivity contribution is 5.05. The van der Waals surface area contributed by atoms with Crippen LogP contribution in [0, 0.1) is 0 Å². The van der Waals surface area contributed by atoms with Crippen molar-refractivity contribution in [1.29, 1.82) is 0 Å². The predicted octanol–water partition coefficient (Wildman–Crippen LogP) is -1.06. The first kappa shape index (κ1) is 13.9. The molecule has 0 unspecified atom stereocenters. The number of nitrogens with zero attached hydrogens (tertiary/aromatic N) is 1. The molecule has 1 aliphatic rings. The van der Waals surface area contributed by atoms with Gasteiger partial charge in [0, 0.05) is 6.54 Å². The van der Waals surface area contributed by atoms with Gasteiger partial charge in [0.05, 0.1) is 18.2 Å². The number of likely N-dealkylation sites (tertiary alicyclic amines) is 1. The van der Waals surface area contributed by atoms with Crippen molar-refractivity contribution in [3.63, 3.8) is 0 Å². The van der Waals surface area contributed by atoms with Crippen LogP contribution in [0.3, 0.4) is 0 Å². The van der Waals surface area contributed by atoms with E-state index in [4.69, 9.17) is 0 Å². The van der Waals surface area contributed by atoms with Crippen LogP contribution in [0.15, 0.2) is 0 Å². The van der Waals surface area contributed by atoms with E-state index >= 15 is 0 Å². The molecule has 0 bridgehead atoms. The fourth-order valence-electron chi connectivity index (χ4n) is 2.69. The summed E-state index contributed by atoms with van der Waals surface area (Å²) >= 11 is 0. The second-order valence-electron chi connectivity index (χ2n) is 4.55. The zero-order valence-electron chi connectivity index (χ0n) is 10.0. The third-order valence-corrected chi connectivity index (χ3v) is 3.64. The first-order valence-corrected chi connectivity index (χ1v) is 5.93. The minimum absolute atomic E-state index is 0.209. The van der Waals surface area contributed by atoms with Gasteiger partial charge in [-0.1, -0.05) is 20.3 Å². The van der Waals surface area contributed by atoms with Gasteiger partial charge in [-0.15, -0.1) is 0 Å². The lowest BCUT2D eigenvalue weighted by atomic mass is 9.78. The van der Waals surface area contributed by atoms with Crippen molar-refractivity contribution in [3.05, 3.63) is 0 Å². The van der Waals surface area contributed by atoms with Gasteiger partial charge in [-0.25, -0.2) is 0 Å². The van der Waals surface area contributed by atoms with Gasteiger partial charge in [0.15, 0.2) is 0 Å². The van der Waals surface area contributed by atoms with E-state index in [1.807, 2.05) is 18.7 Å². The fraction of sp³-hybridized carbons (Fsp3) is 1.00. The zero-order chi connectivity index (χ0) is 12.3. The van der Waals surface area contributed by atoms with Crippen molar-refractivity contribution < 1.29 is 20.4 Å². The van der Waals surface area contributed by atoms with Gasteiger partial charge in [-0.2, -0.15) is 0 Å². The Morgan fingerprint density at radius 3 is 2.31 bits per heavy atom. The molecule has 5 heteroatoms. The first-order valence-electron chi connectivity index (χ1n) is 5.93. The van der Waals surface area contributed by atoms with E-state index in [-0.39, 0.29) is 13.2 Å². The smallest absolute Gasteiger partial charge is 0.109 e. The lowest BCUT2D eigenvalue weighted by molar-refractivity contribution is -0.188. The van der Waals surface area contributed by atoms with E-state index < -0.39 is 23.9 Å². The van der Waals surface area contributed by atoms with Crippen LogP contribution in [0.2, 0.25) is 0 Å². The summed E-state index contributed by atoms with van der Waals surface area (Å²) in [4.78, 5) is 1.86. The Bertz CT molecular complexity index is 222. The van der Waals surface area contributed by atoms with E-state index in [0.29, 0.717) is 13.0 Å². The fourth-order valence-corrected chi connectivity index (χ4v) is 2.69. The molecule has 0 amide bonds. The molecular formula is C11H23NO4. The van der Waals surface area contributed by atoms with E-state index in [1.165, 1.54) is 0 Å². The summed E-state index contributed by atoms with van der Waals surface area (Å²) in [6.45, 7) is 4.59. The number of hydrogen-bond donors (Lipinski definition) is 4. The van der Waals surface area contributed by atoms with Gasteiger partial charge in [-0.05, 0) is 13.0 Å². The third kappa shape index (κ3) is 2.10. The van der Waals surface area contributed by atoms with Crippen molar-refractivity contribution >= 4 is 0 Å². The number of β-amino-alcohol motifs (C(OH)–C–C–N with tert-alkyl or cyclic N) is 1. The lowest BCUT2D eigenvalue weighted by Crippen LogP contribution is -2.70. The normalized spacial score (nSPS) is 41.2. The minimum Gasteiger partial charge on any atom is -0.394 e. The van der Waals surface area contributed by atoms with Gasteiger partial charge in [0.1, 0.15) is 12.2 Å². The third-order valence-electron chi connectivity index (χ3n) is 3.64. The molecule has 0 radical (unpaired) electrons. The maximum atomic E-state index is 10.1. The van der Waals surface area contributed by atoms with E-state index in [9.17, 15) is 20.4 Å². The van der Waals surface area contributed by atoms with Gasteiger partial charge >= 0.3 is 0 Å². The Morgan fingerprint density at radius 1 is 1.25 bits per heavy atom. The number of aliphatic hydroxyl groups is 4. The van der Waals surface area contributed by atoms with Gasteiger partial charge in [-0.3, -0.25) is 4.90 Å². The van der Waals surface area contributed by atoms with Crippen molar-refractivity contribution in [2.75, 3.05) is 19.7 Å². The molecule has 0 aromatic carbocycles. The van der Waals surface area contributed by atoms with E-state index in [1.54, 1.807) is 0 Å². The molecule has 1 fully saturated rings. The molecule has 0 saturated carbocycles. The highest BCUT2D eigenvalue weighted by Crippen LogP contribution is 2.32. The number of likely N-dealkylation sites (N-methyl/N-ethyl adjacent to an activating group) is 1.